The van der Waals surface area contributed by atoms with Crippen molar-refractivity contribution in [1.82, 2.24) is 9.97 Å². The molecule has 2 heterocycles. The summed E-state index contributed by atoms with van der Waals surface area (Å²) in [5.74, 6) is -0.173. The monoisotopic (exact) mass is 536 g/mol. The highest BCUT2D eigenvalue weighted by atomic mass is 79.9. The fourth-order valence-corrected chi connectivity index (χ4v) is 7.28. The molecule has 35 heavy (non-hydrogen) atoms. The van der Waals surface area contributed by atoms with Crippen LogP contribution in [0, 0.1) is 13.8 Å². The summed E-state index contributed by atoms with van der Waals surface area (Å²) in [5, 5.41) is 0. The first-order valence-electron chi connectivity index (χ1n) is 13.3. The molecule has 0 radical (unpaired) electrons. The van der Waals surface area contributed by atoms with Crippen LogP contribution in [0.1, 0.15) is 112 Å². The van der Waals surface area contributed by atoms with Gasteiger partial charge in [-0.1, -0.05) is 22.9 Å². The van der Waals surface area contributed by atoms with Crippen molar-refractivity contribution in [3.8, 4) is 0 Å². The number of halogens is 1. The van der Waals surface area contributed by atoms with E-state index in [4.69, 9.17) is 4.74 Å². The average Bonchev–Trinajstić information content (AvgIpc) is 3.40. The summed E-state index contributed by atoms with van der Waals surface area (Å²) < 4.78 is 6.60. The predicted octanol–water partition coefficient (Wildman–Crippen LogP) is 7.40. The molecule has 0 spiro atoms. The average molecular weight is 538 g/mol. The highest BCUT2D eigenvalue weighted by molar-refractivity contribution is 9.10. The van der Waals surface area contributed by atoms with Gasteiger partial charge < -0.3 is 14.7 Å². The summed E-state index contributed by atoms with van der Waals surface area (Å²) in [6.45, 7) is 8.96. The summed E-state index contributed by atoms with van der Waals surface area (Å²) in [6.07, 6.45) is 10.0. The molecule has 0 bridgehead atoms. The van der Waals surface area contributed by atoms with Crippen LogP contribution in [0.15, 0.2) is 16.6 Å². The van der Waals surface area contributed by atoms with Gasteiger partial charge >= 0.3 is 5.97 Å². The quantitative estimate of drug-likeness (QED) is 0.322. The third kappa shape index (κ3) is 4.30. The number of rotatable bonds is 6. The lowest BCUT2D eigenvalue weighted by molar-refractivity contribution is 0.0518. The Kier molecular flexibility index (Phi) is 6.98. The van der Waals surface area contributed by atoms with Crippen LogP contribution < -0.4 is 0 Å². The second kappa shape index (κ2) is 10.0. The van der Waals surface area contributed by atoms with Gasteiger partial charge in [-0.3, -0.25) is 0 Å². The Morgan fingerprint density at radius 1 is 0.886 bits per heavy atom. The molecule has 1 atom stereocenters. The molecule has 5 rings (SSSR count). The number of H-pyrrole nitrogens is 2. The minimum Gasteiger partial charge on any atom is -0.461 e. The van der Waals surface area contributed by atoms with E-state index in [1.165, 1.54) is 68.9 Å². The van der Waals surface area contributed by atoms with E-state index in [1.807, 2.05) is 6.92 Å². The van der Waals surface area contributed by atoms with Gasteiger partial charge in [0.2, 0.25) is 0 Å². The summed E-state index contributed by atoms with van der Waals surface area (Å²) in [7, 11) is 0. The minimum absolute atomic E-state index is 0.0466. The van der Waals surface area contributed by atoms with Gasteiger partial charge in [0.1, 0.15) is 5.69 Å². The van der Waals surface area contributed by atoms with E-state index in [0.717, 1.165) is 49.4 Å². The number of ether oxygens (including phenoxy) is 1. The third-order valence-corrected chi connectivity index (χ3v) is 8.51. The Hall–Kier alpha value is -2.27. The van der Waals surface area contributed by atoms with Gasteiger partial charge in [0.25, 0.3) is 0 Å². The number of hydrogen-bond donors (Lipinski definition) is 2. The summed E-state index contributed by atoms with van der Waals surface area (Å²) >= 11 is 3.71. The number of aryl methyl sites for hydroxylation is 3. The summed E-state index contributed by atoms with van der Waals surface area (Å²) in [5.41, 5.74) is 14.0. The first-order chi connectivity index (χ1) is 16.9. The van der Waals surface area contributed by atoms with Gasteiger partial charge in [-0.05, 0) is 130 Å². The predicted molar refractivity (Wildman–Crippen MR) is 145 cm³/mol. The lowest BCUT2D eigenvalue weighted by Gasteiger charge is -2.26. The van der Waals surface area contributed by atoms with Gasteiger partial charge in [-0.25, -0.2) is 4.79 Å². The lowest BCUT2D eigenvalue weighted by atomic mass is 9.79. The van der Waals surface area contributed by atoms with Crippen molar-refractivity contribution >= 4 is 21.9 Å². The van der Waals surface area contributed by atoms with Crippen LogP contribution in [0.4, 0.5) is 0 Å². The zero-order valence-electron chi connectivity index (χ0n) is 21.5. The van der Waals surface area contributed by atoms with Crippen LogP contribution in [0.2, 0.25) is 0 Å². The molecule has 0 aliphatic heterocycles. The normalized spacial score (nSPS) is 16.0. The fraction of sp³-hybridized carbons (Fsp3) is 0.500. The van der Waals surface area contributed by atoms with Gasteiger partial charge in [0.15, 0.2) is 0 Å². The molecule has 1 unspecified atom stereocenters. The first kappa shape index (κ1) is 24.4. The van der Waals surface area contributed by atoms with E-state index in [9.17, 15) is 4.79 Å². The smallest absolute Gasteiger partial charge is 0.355 e. The van der Waals surface area contributed by atoms with Crippen molar-refractivity contribution in [3.05, 3.63) is 78.3 Å². The zero-order chi connectivity index (χ0) is 24.7. The standard InChI is InChI=1S/C30H37BrN2O2/c1-5-24-20-11-7-8-12-21(20)27(32-24)26(25-17(3)15-19(31)16-18(25)4)28-22-13-9-10-14-23(22)29(33-28)30(34)35-6-2/h15-16,26,32-33H,5-14H2,1-4H3. The molecule has 2 N–H and O–H groups in total. The second-order valence-corrected chi connectivity index (χ2v) is 11.1. The molecule has 0 fully saturated rings. The fourth-order valence-electron chi connectivity index (χ4n) is 6.60. The van der Waals surface area contributed by atoms with Crippen LogP contribution in [0.3, 0.4) is 0 Å². The topological polar surface area (TPSA) is 57.9 Å². The Labute approximate surface area is 217 Å². The highest BCUT2D eigenvalue weighted by Crippen LogP contribution is 2.44. The number of carbonyl (C=O) groups is 1. The van der Waals surface area contributed by atoms with E-state index in [-0.39, 0.29) is 11.9 Å². The first-order valence-corrected chi connectivity index (χ1v) is 14.1. The van der Waals surface area contributed by atoms with Crippen LogP contribution in [0.25, 0.3) is 0 Å². The summed E-state index contributed by atoms with van der Waals surface area (Å²) in [6, 6.07) is 4.46. The highest BCUT2D eigenvalue weighted by Gasteiger charge is 2.34. The van der Waals surface area contributed by atoms with E-state index in [2.05, 4.69) is 58.8 Å². The van der Waals surface area contributed by atoms with E-state index < -0.39 is 0 Å². The molecule has 0 amide bonds. The van der Waals surface area contributed by atoms with Crippen LogP contribution in [-0.4, -0.2) is 22.5 Å². The second-order valence-electron chi connectivity index (χ2n) is 10.2. The minimum atomic E-state index is -0.220. The van der Waals surface area contributed by atoms with Gasteiger partial charge in [-0.15, -0.1) is 0 Å². The number of carbonyl (C=O) groups excluding carboxylic acids is 1. The molecule has 2 aromatic heterocycles. The maximum absolute atomic E-state index is 13.0. The molecule has 0 saturated carbocycles. The maximum atomic E-state index is 13.0. The molecule has 1 aromatic carbocycles. The lowest BCUT2D eigenvalue weighted by Crippen LogP contribution is -2.14. The number of fused-ring (bicyclic) bond motifs is 2. The van der Waals surface area contributed by atoms with Crippen molar-refractivity contribution in [2.45, 2.75) is 91.4 Å². The number of aromatic nitrogens is 2. The number of benzene rings is 1. The van der Waals surface area contributed by atoms with Gasteiger partial charge in [0.05, 0.1) is 12.5 Å². The maximum Gasteiger partial charge on any atom is 0.355 e. The molecular formula is C30H37BrN2O2. The largest absolute Gasteiger partial charge is 0.461 e. The Bertz CT molecular complexity index is 1240. The number of esters is 1. The van der Waals surface area contributed by atoms with Gasteiger partial charge in [-0.2, -0.15) is 0 Å². The Morgan fingerprint density at radius 2 is 1.43 bits per heavy atom. The Morgan fingerprint density at radius 3 is 2.03 bits per heavy atom. The molecular weight excluding hydrogens is 500 g/mol. The van der Waals surface area contributed by atoms with Crippen molar-refractivity contribution < 1.29 is 9.53 Å². The van der Waals surface area contributed by atoms with E-state index in [0.29, 0.717) is 12.3 Å². The van der Waals surface area contributed by atoms with Gasteiger partial charge in [0, 0.05) is 21.6 Å². The molecule has 2 aliphatic carbocycles. The van der Waals surface area contributed by atoms with Crippen LogP contribution in [0.5, 0.6) is 0 Å². The number of hydrogen-bond acceptors (Lipinski definition) is 2. The Balaban J connectivity index is 1.80. The SMILES string of the molecule is CCOC(=O)c1[nH]c(C(c2[nH]c(CC)c3c2CCCC3)c2c(C)cc(Br)cc2C)c2c1CCCC2. The van der Waals surface area contributed by atoms with Crippen molar-refractivity contribution in [2.75, 3.05) is 6.61 Å². The third-order valence-electron chi connectivity index (χ3n) is 8.05. The van der Waals surface area contributed by atoms with Crippen LogP contribution >= 0.6 is 15.9 Å². The molecule has 5 heteroatoms. The van der Waals surface area contributed by atoms with E-state index in [1.54, 1.807) is 0 Å². The molecule has 0 saturated heterocycles. The van der Waals surface area contributed by atoms with Crippen molar-refractivity contribution in [3.63, 3.8) is 0 Å². The number of aromatic amines is 2. The molecule has 2 aliphatic rings. The molecule has 3 aromatic rings. The van der Waals surface area contributed by atoms with Crippen molar-refractivity contribution in [1.29, 1.82) is 0 Å². The number of nitrogens with one attached hydrogen (secondary N) is 2. The molecule has 186 valence electrons. The summed E-state index contributed by atoms with van der Waals surface area (Å²) in [4.78, 5) is 20.6. The zero-order valence-corrected chi connectivity index (χ0v) is 23.1. The van der Waals surface area contributed by atoms with Crippen molar-refractivity contribution in [2.24, 2.45) is 0 Å². The molecule has 4 nitrogen and oxygen atoms in total. The van der Waals surface area contributed by atoms with Crippen LogP contribution in [-0.2, 0) is 36.8 Å². The van der Waals surface area contributed by atoms with E-state index >= 15 is 0 Å².